The van der Waals surface area contributed by atoms with E-state index in [0.717, 1.165) is 17.7 Å². The molecule has 23 heavy (non-hydrogen) atoms. The number of aromatic nitrogens is 3. The van der Waals surface area contributed by atoms with Crippen LogP contribution in [0.25, 0.3) is 5.69 Å². The first-order valence-corrected chi connectivity index (χ1v) is 7.95. The third-order valence-corrected chi connectivity index (χ3v) is 4.11. The Morgan fingerprint density at radius 3 is 2.30 bits per heavy atom. The Morgan fingerprint density at radius 2 is 1.70 bits per heavy atom. The number of rotatable bonds is 4. The summed E-state index contributed by atoms with van der Waals surface area (Å²) in [7, 11) is 0. The summed E-state index contributed by atoms with van der Waals surface area (Å²) >= 11 is 3.35. The lowest BCUT2D eigenvalue weighted by molar-refractivity contribution is 0.541. The number of nitrogens with zero attached hydrogens (tertiary/aromatic N) is 3. The highest BCUT2D eigenvalue weighted by molar-refractivity contribution is 9.08. The molecule has 0 radical (unpaired) electrons. The molecule has 0 atom stereocenters. The van der Waals surface area contributed by atoms with Crippen LogP contribution in [0.4, 0.5) is 8.78 Å². The summed E-state index contributed by atoms with van der Waals surface area (Å²) in [5, 5.41) is 4.72. The molecule has 0 saturated carbocycles. The number of hydrogen-bond acceptors (Lipinski definition) is 2. The van der Waals surface area contributed by atoms with Crippen LogP contribution in [0.5, 0.6) is 0 Å². The largest absolute Gasteiger partial charge is 0.350 e. The summed E-state index contributed by atoms with van der Waals surface area (Å²) in [5.74, 6) is -1.38. The van der Waals surface area contributed by atoms with Crippen molar-refractivity contribution in [2.75, 3.05) is 0 Å². The average molecular weight is 380 g/mol. The highest BCUT2D eigenvalue weighted by Crippen LogP contribution is 2.13. The highest BCUT2D eigenvalue weighted by Gasteiger charge is 2.13. The number of alkyl halides is 1. The minimum Gasteiger partial charge on any atom is -0.276 e. The van der Waals surface area contributed by atoms with Gasteiger partial charge in [-0.2, -0.15) is 9.78 Å². The lowest BCUT2D eigenvalue weighted by Crippen LogP contribution is -2.24. The Morgan fingerprint density at radius 1 is 1.04 bits per heavy atom. The third kappa shape index (κ3) is 3.10. The molecule has 1 aromatic heterocycles. The molecule has 0 bridgehead atoms. The number of benzene rings is 2. The molecule has 1 heterocycles. The molecular weight excluding hydrogens is 368 g/mol. The first-order valence-electron chi connectivity index (χ1n) is 6.83. The standard InChI is InChI=1S/C16H12BrF2N3O/c17-8-11-4-6-12(7-5-11)22-16(23)21(10-20-22)9-13-14(18)2-1-3-15(13)19/h1-7,10H,8-9H2. The van der Waals surface area contributed by atoms with Crippen LogP contribution in [0, 0.1) is 11.6 Å². The molecule has 0 N–H and O–H groups in total. The molecule has 3 rings (SSSR count). The van der Waals surface area contributed by atoms with E-state index in [-0.39, 0.29) is 12.1 Å². The van der Waals surface area contributed by atoms with Crippen molar-refractivity contribution in [1.82, 2.24) is 14.3 Å². The van der Waals surface area contributed by atoms with E-state index in [9.17, 15) is 13.6 Å². The van der Waals surface area contributed by atoms with Gasteiger partial charge in [0.2, 0.25) is 0 Å². The predicted octanol–water partition coefficient (Wildman–Crippen LogP) is 3.26. The number of hydrogen-bond donors (Lipinski definition) is 0. The highest BCUT2D eigenvalue weighted by atomic mass is 79.9. The summed E-state index contributed by atoms with van der Waals surface area (Å²) in [6, 6.07) is 10.9. The van der Waals surface area contributed by atoms with Crippen LogP contribution >= 0.6 is 15.9 Å². The molecule has 0 fully saturated rings. The summed E-state index contributed by atoms with van der Waals surface area (Å²) in [6.07, 6.45) is 1.27. The van der Waals surface area contributed by atoms with Gasteiger partial charge in [-0.1, -0.05) is 34.1 Å². The van der Waals surface area contributed by atoms with Crippen molar-refractivity contribution in [3.8, 4) is 5.69 Å². The average Bonchev–Trinajstić information content (AvgIpc) is 2.92. The second kappa shape index (κ2) is 6.45. The second-order valence-electron chi connectivity index (χ2n) is 4.95. The third-order valence-electron chi connectivity index (χ3n) is 3.46. The Bertz CT molecular complexity index is 867. The lowest BCUT2D eigenvalue weighted by atomic mass is 10.2. The maximum atomic E-state index is 13.7. The SMILES string of the molecule is O=c1n(Cc2c(F)cccc2F)cnn1-c1ccc(CBr)cc1. The zero-order valence-corrected chi connectivity index (χ0v) is 13.5. The van der Waals surface area contributed by atoms with Gasteiger partial charge in [0.1, 0.15) is 18.0 Å². The van der Waals surface area contributed by atoms with Crippen molar-refractivity contribution in [3.63, 3.8) is 0 Å². The smallest absolute Gasteiger partial charge is 0.276 e. The van der Waals surface area contributed by atoms with Gasteiger partial charge in [-0.25, -0.2) is 13.6 Å². The fourth-order valence-electron chi connectivity index (χ4n) is 2.20. The Labute approximate surface area is 139 Å². The number of halogens is 3. The van der Waals surface area contributed by atoms with Gasteiger partial charge in [0.05, 0.1) is 12.2 Å². The van der Waals surface area contributed by atoms with Gasteiger partial charge in [0.15, 0.2) is 0 Å². The zero-order chi connectivity index (χ0) is 16.4. The molecule has 0 aliphatic heterocycles. The first kappa shape index (κ1) is 15.6. The predicted molar refractivity (Wildman–Crippen MR) is 85.9 cm³/mol. The Hall–Kier alpha value is -2.28. The monoisotopic (exact) mass is 379 g/mol. The summed E-state index contributed by atoms with van der Waals surface area (Å²) in [5.41, 5.74) is 1.03. The van der Waals surface area contributed by atoms with Crippen molar-refractivity contribution in [3.05, 3.63) is 82.0 Å². The van der Waals surface area contributed by atoms with E-state index >= 15 is 0 Å². The van der Waals surface area contributed by atoms with E-state index in [2.05, 4.69) is 21.0 Å². The van der Waals surface area contributed by atoms with Crippen LogP contribution < -0.4 is 5.69 Å². The van der Waals surface area contributed by atoms with Crippen molar-refractivity contribution in [2.24, 2.45) is 0 Å². The van der Waals surface area contributed by atoms with E-state index in [1.165, 1.54) is 21.6 Å². The van der Waals surface area contributed by atoms with Crippen LogP contribution in [-0.4, -0.2) is 14.3 Å². The zero-order valence-electron chi connectivity index (χ0n) is 11.9. The molecule has 4 nitrogen and oxygen atoms in total. The summed E-state index contributed by atoms with van der Waals surface area (Å²) in [6.45, 7) is -0.211. The van der Waals surface area contributed by atoms with Gasteiger partial charge in [0.25, 0.3) is 0 Å². The van der Waals surface area contributed by atoms with Crippen LogP contribution in [0.1, 0.15) is 11.1 Å². The molecule has 0 unspecified atom stereocenters. The van der Waals surface area contributed by atoms with Crippen molar-refractivity contribution in [1.29, 1.82) is 0 Å². The molecule has 0 aliphatic rings. The van der Waals surface area contributed by atoms with Crippen molar-refractivity contribution in [2.45, 2.75) is 11.9 Å². The molecule has 0 aliphatic carbocycles. The Balaban J connectivity index is 1.94. The van der Waals surface area contributed by atoms with Gasteiger partial charge >= 0.3 is 5.69 Å². The summed E-state index contributed by atoms with van der Waals surface area (Å²) in [4.78, 5) is 12.4. The topological polar surface area (TPSA) is 39.8 Å². The van der Waals surface area contributed by atoms with E-state index in [1.54, 1.807) is 12.1 Å². The van der Waals surface area contributed by atoms with Gasteiger partial charge in [0, 0.05) is 10.9 Å². The second-order valence-corrected chi connectivity index (χ2v) is 5.51. The molecule has 3 aromatic rings. The summed E-state index contributed by atoms with van der Waals surface area (Å²) < 4.78 is 29.7. The molecular formula is C16H12BrF2N3O. The molecule has 7 heteroatoms. The maximum absolute atomic E-state index is 13.7. The van der Waals surface area contributed by atoms with Gasteiger partial charge < -0.3 is 0 Å². The van der Waals surface area contributed by atoms with Crippen LogP contribution in [0.15, 0.2) is 53.6 Å². The van der Waals surface area contributed by atoms with E-state index < -0.39 is 17.3 Å². The molecule has 0 amide bonds. The van der Waals surface area contributed by atoms with E-state index in [0.29, 0.717) is 11.0 Å². The van der Waals surface area contributed by atoms with E-state index in [1.807, 2.05) is 12.1 Å². The quantitative estimate of drug-likeness (QED) is 0.652. The molecule has 2 aromatic carbocycles. The maximum Gasteiger partial charge on any atom is 0.350 e. The minimum atomic E-state index is -0.689. The normalized spacial score (nSPS) is 10.9. The first-order chi connectivity index (χ1) is 11.1. The minimum absolute atomic E-state index is 0.163. The molecule has 118 valence electrons. The fraction of sp³-hybridized carbons (Fsp3) is 0.125. The van der Waals surface area contributed by atoms with Crippen molar-refractivity contribution < 1.29 is 8.78 Å². The Kier molecular flexibility index (Phi) is 4.38. The molecule has 0 saturated heterocycles. The van der Waals surface area contributed by atoms with Crippen LogP contribution in [0.2, 0.25) is 0 Å². The fourth-order valence-corrected chi connectivity index (χ4v) is 2.57. The molecule has 0 spiro atoms. The van der Waals surface area contributed by atoms with Gasteiger partial charge in [-0.3, -0.25) is 4.57 Å². The van der Waals surface area contributed by atoms with Crippen LogP contribution in [0.3, 0.4) is 0 Å². The van der Waals surface area contributed by atoms with Gasteiger partial charge in [-0.15, -0.1) is 0 Å². The van der Waals surface area contributed by atoms with Crippen LogP contribution in [-0.2, 0) is 11.9 Å². The van der Waals surface area contributed by atoms with Gasteiger partial charge in [-0.05, 0) is 29.8 Å². The van der Waals surface area contributed by atoms with E-state index in [4.69, 9.17) is 0 Å². The van der Waals surface area contributed by atoms with Crippen molar-refractivity contribution >= 4 is 15.9 Å². The lowest BCUT2D eigenvalue weighted by Gasteiger charge is -2.04.